The summed E-state index contributed by atoms with van der Waals surface area (Å²) in [6, 6.07) is 7.27. The number of hydrazine groups is 1. The molecular weight excluding hydrogens is 328 g/mol. The van der Waals surface area contributed by atoms with Crippen LogP contribution < -0.4 is 15.6 Å². The van der Waals surface area contributed by atoms with Crippen molar-refractivity contribution in [2.24, 2.45) is 5.92 Å². The van der Waals surface area contributed by atoms with Gasteiger partial charge >= 0.3 is 0 Å². The molecule has 26 heavy (non-hydrogen) atoms. The first-order valence-corrected chi connectivity index (χ1v) is 9.99. The first-order valence-electron chi connectivity index (χ1n) is 9.99. The van der Waals surface area contributed by atoms with Crippen LogP contribution in [0.15, 0.2) is 24.4 Å². The zero-order valence-electron chi connectivity index (χ0n) is 16.1. The normalized spacial score (nSPS) is 40.5. The Morgan fingerprint density at radius 1 is 1.23 bits per heavy atom. The molecule has 2 saturated heterocycles. The maximum atomic E-state index is 6.20. The fourth-order valence-electron chi connectivity index (χ4n) is 5.17. The second-order valence-electron chi connectivity index (χ2n) is 8.24. The van der Waals surface area contributed by atoms with Crippen molar-refractivity contribution in [3.8, 4) is 5.88 Å². The van der Waals surface area contributed by atoms with Gasteiger partial charge in [0.2, 0.25) is 5.88 Å². The lowest BCUT2D eigenvalue weighted by molar-refractivity contribution is -0.0848. The Morgan fingerprint density at radius 2 is 2.04 bits per heavy atom. The molecule has 5 atom stereocenters. The molecule has 1 aromatic heterocycles. The van der Waals surface area contributed by atoms with Crippen LogP contribution in [-0.4, -0.2) is 59.9 Å². The average Bonchev–Trinajstić information content (AvgIpc) is 3.18. The molecule has 6 nitrogen and oxygen atoms in total. The summed E-state index contributed by atoms with van der Waals surface area (Å²) in [5.41, 5.74) is 6.77. The summed E-state index contributed by atoms with van der Waals surface area (Å²) in [6.07, 6.45) is 6.25. The molecule has 2 unspecified atom stereocenters. The van der Waals surface area contributed by atoms with Gasteiger partial charge in [0.15, 0.2) is 0 Å². The maximum Gasteiger partial charge on any atom is 0.213 e. The lowest BCUT2D eigenvalue weighted by atomic mass is 9.78. The van der Waals surface area contributed by atoms with Gasteiger partial charge in [-0.3, -0.25) is 15.8 Å². The molecule has 1 aliphatic carbocycles. The fourth-order valence-corrected chi connectivity index (χ4v) is 5.17. The number of rotatable bonds is 5. The van der Waals surface area contributed by atoms with Gasteiger partial charge in [-0.25, -0.2) is 4.98 Å². The van der Waals surface area contributed by atoms with E-state index >= 15 is 0 Å². The fraction of sp³-hybridized carbons (Fsp3) is 0.750. The van der Waals surface area contributed by atoms with Gasteiger partial charge in [0, 0.05) is 62.9 Å². The Labute approximate surface area is 156 Å². The van der Waals surface area contributed by atoms with Gasteiger partial charge in [-0.05, 0) is 39.2 Å². The molecule has 4 rings (SSSR count). The van der Waals surface area contributed by atoms with Crippen LogP contribution >= 0.6 is 0 Å². The van der Waals surface area contributed by atoms with E-state index in [0.717, 1.165) is 44.7 Å². The van der Waals surface area contributed by atoms with Crippen molar-refractivity contribution in [1.82, 2.24) is 20.7 Å². The first kappa shape index (κ1) is 18.2. The van der Waals surface area contributed by atoms with Crippen LogP contribution in [0, 0.1) is 5.92 Å². The van der Waals surface area contributed by atoms with E-state index < -0.39 is 0 Å². The van der Waals surface area contributed by atoms with E-state index in [4.69, 9.17) is 9.47 Å². The second kappa shape index (κ2) is 7.43. The van der Waals surface area contributed by atoms with Gasteiger partial charge in [-0.1, -0.05) is 6.07 Å². The Balaban J connectivity index is 1.46. The zero-order chi connectivity index (χ0) is 18.1. The predicted molar refractivity (Wildman–Crippen MR) is 101 cm³/mol. The van der Waals surface area contributed by atoms with E-state index in [2.05, 4.69) is 34.6 Å². The Bertz CT molecular complexity index is 591. The molecule has 0 spiro atoms. The molecule has 2 aliphatic heterocycles. The minimum Gasteiger partial charge on any atom is -0.474 e. The van der Waals surface area contributed by atoms with Crippen LogP contribution in [-0.2, 0) is 4.74 Å². The summed E-state index contributed by atoms with van der Waals surface area (Å²) in [4.78, 5) is 6.99. The van der Waals surface area contributed by atoms with Gasteiger partial charge in [0.25, 0.3) is 0 Å². The number of aromatic nitrogens is 1. The van der Waals surface area contributed by atoms with E-state index in [9.17, 15) is 0 Å². The van der Waals surface area contributed by atoms with Crippen molar-refractivity contribution in [2.45, 2.75) is 69.4 Å². The minimum absolute atomic E-state index is 0.00405. The monoisotopic (exact) mass is 360 g/mol. The van der Waals surface area contributed by atoms with E-state index in [-0.39, 0.29) is 11.7 Å². The van der Waals surface area contributed by atoms with Crippen LogP contribution in [0.1, 0.15) is 39.5 Å². The molecule has 3 heterocycles. The SMILES string of the molecule is CO[C@@]12CC[C@H](Oc3ccccn3)C[C@@H]1N(CC1C(C)NNC1C)CC2. The standard InChI is InChI=1S/C20H32N4O2/c1-14-17(15(2)23-22-14)13-24-11-9-20(25-3)8-7-16(12-18(20)24)26-19-6-4-5-10-21-19/h4-6,10,14-18,22-23H,7-9,11-13H2,1-3H3/t14?,15?,16-,17?,18-,20+/m0/s1. The topological polar surface area (TPSA) is 58.7 Å². The van der Waals surface area contributed by atoms with E-state index in [0.29, 0.717) is 24.0 Å². The van der Waals surface area contributed by atoms with Crippen molar-refractivity contribution in [3.05, 3.63) is 24.4 Å². The van der Waals surface area contributed by atoms with Crippen molar-refractivity contribution >= 4 is 0 Å². The van der Waals surface area contributed by atoms with E-state index in [1.165, 1.54) is 0 Å². The summed E-state index contributed by atoms with van der Waals surface area (Å²) in [5, 5.41) is 0. The number of fused-ring (bicyclic) bond motifs is 1. The number of pyridine rings is 1. The van der Waals surface area contributed by atoms with Crippen LogP contribution in [0.2, 0.25) is 0 Å². The molecule has 0 amide bonds. The lowest BCUT2D eigenvalue weighted by Gasteiger charge is -2.44. The highest BCUT2D eigenvalue weighted by atomic mass is 16.5. The van der Waals surface area contributed by atoms with Crippen molar-refractivity contribution in [3.63, 3.8) is 0 Å². The number of hydrogen-bond donors (Lipinski definition) is 2. The van der Waals surface area contributed by atoms with Crippen molar-refractivity contribution in [1.29, 1.82) is 0 Å². The summed E-state index contributed by atoms with van der Waals surface area (Å²) in [5.74, 6) is 1.35. The highest BCUT2D eigenvalue weighted by Crippen LogP contribution is 2.43. The molecule has 0 radical (unpaired) electrons. The molecule has 6 heteroatoms. The number of nitrogens with one attached hydrogen (secondary N) is 2. The van der Waals surface area contributed by atoms with Gasteiger partial charge < -0.3 is 9.47 Å². The number of hydrogen-bond acceptors (Lipinski definition) is 6. The first-order chi connectivity index (χ1) is 12.6. The molecule has 3 fully saturated rings. The third-order valence-corrected chi connectivity index (χ3v) is 6.85. The number of ether oxygens (including phenoxy) is 2. The summed E-state index contributed by atoms with van der Waals surface area (Å²) in [6.45, 7) is 6.77. The van der Waals surface area contributed by atoms with Crippen LogP contribution in [0.3, 0.4) is 0 Å². The summed E-state index contributed by atoms with van der Waals surface area (Å²) >= 11 is 0. The number of methoxy groups -OCH3 is 1. The van der Waals surface area contributed by atoms with Crippen LogP contribution in [0.5, 0.6) is 5.88 Å². The average molecular weight is 361 g/mol. The van der Waals surface area contributed by atoms with Gasteiger partial charge in [0.1, 0.15) is 6.10 Å². The van der Waals surface area contributed by atoms with Gasteiger partial charge in [0.05, 0.1) is 5.60 Å². The third kappa shape index (κ3) is 3.36. The molecular formula is C20H32N4O2. The van der Waals surface area contributed by atoms with Gasteiger partial charge in [-0.2, -0.15) is 0 Å². The lowest BCUT2D eigenvalue weighted by Crippen LogP contribution is -2.53. The third-order valence-electron chi connectivity index (χ3n) is 6.85. The highest BCUT2D eigenvalue weighted by molar-refractivity contribution is 5.12. The molecule has 1 aromatic rings. The van der Waals surface area contributed by atoms with Crippen LogP contribution in [0.4, 0.5) is 0 Å². The highest BCUT2D eigenvalue weighted by Gasteiger charge is 2.52. The molecule has 2 N–H and O–H groups in total. The maximum absolute atomic E-state index is 6.20. The van der Waals surface area contributed by atoms with Crippen molar-refractivity contribution < 1.29 is 9.47 Å². The Kier molecular flexibility index (Phi) is 5.19. The van der Waals surface area contributed by atoms with Crippen molar-refractivity contribution in [2.75, 3.05) is 20.2 Å². The van der Waals surface area contributed by atoms with Gasteiger partial charge in [-0.15, -0.1) is 0 Å². The van der Waals surface area contributed by atoms with E-state index in [1.807, 2.05) is 25.3 Å². The second-order valence-corrected chi connectivity index (χ2v) is 8.24. The Morgan fingerprint density at radius 3 is 2.73 bits per heavy atom. The minimum atomic E-state index is -0.00405. The molecule has 3 aliphatic rings. The van der Waals surface area contributed by atoms with Crippen LogP contribution in [0.25, 0.3) is 0 Å². The zero-order valence-corrected chi connectivity index (χ0v) is 16.1. The number of nitrogens with zero attached hydrogens (tertiary/aromatic N) is 2. The predicted octanol–water partition coefficient (Wildman–Crippen LogP) is 1.97. The molecule has 144 valence electrons. The molecule has 0 aromatic carbocycles. The largest absolute Gasteiger partial charge is 0.474 e. The smallest absolute Gasteiger partial charge is 0.213 e. The molecule has 1 saturated carbocycles. The quantitative estimate of drug-likeness (QED) is 0.837. The summed E-state index contributed by atoms with van der Waals surface area (Å²) in [7, 11) is 1.89. The Hall–Kier alpha value is -1.21. The molecule has 0 bridgehead atoms. The summed E-state index contributed by atoms with van der Waals surface area (Å²) < 4.78 is 12.3. The van der Waals surface area contributed by atoms with E-state index in [1.54, 1.807) is 6.20 Å². The number of likely N-dealkylation sites (tertiary alicyclic amines) is 1.